The molecule has 170 valence electrons. The third kappa shape index (κ3) is 5.11. The molecule has 0 aliphatic heterocycles. The largest absolute Gasteiger partial charge is 0.513 e. The highest BCUT2D eigenvalue weighted by Gasteiger charge is 2.65. The van der Waals surface area contributed by atoms with Crippen LogP contribution in [0.3, 0.4) is 0 Å². The van der Waals surface area contributed by atoms with Gasteiger partial charge in [-0.25, -0.2) is 16.8 Å². The lowest BCUT2D eigenvalue weighted by molar-refractivity contribution is -0.0505. The quantitative estimate of drug-likeness (QED) is 0.577. The molecule has 0 heterocycles. The Morgan fingerprint density at radius 1 is 0.793 bits per heavy atom. The molecule has 0 spiro atoms. The van der Waals surface area contributed by atoms with Gasteiger partial charge in [0.15, 0.2) is 0 Å². The molecule has 15 heteroatoms. The number of sulfonamides is 2. The van der Waals surface area contributed by atoms with E-state index in [1.54, 1.807) is 0 Å². The van der Waals surface area contributed by atoms with Crippen molar-refractivity contribution in [2.45, 2.75) is 42.3 Å². The highest BCUT2D eigenvalue weighted by atomic mass is 32.4. The first kappa shape index (κ1) is 25.8. The molecule has 0 unspecified atom stereocenters. The van der Waals surface area contributed by atoms with Crippen LogP contribution in [0.2, 0.25) is 0 Å². The first-order valence-electron chi connectivity index (χ1n) is 7.51. The van der Waals surface area contributed by atoms with Crippen molar-refractivity contribution in [2.75, 3.05) is 12.5 Å². The molecule has 6 nitrogen and oxygen atoms in total. The van der Waals surface area contributed by atoms with Crippen LogP contribution in [-0.2, 0) is 20.0 Å². The third-order valence-corrected chi connectivity index (χ3v) is 11.9. The van der Waals surface area contributed by atoms with E-state index in [0.717, 1.165) is 6.07 Å². The van der Waals surface area contributed by atoms with Crippen LogP contribution >= 0.6 is 10.2 Å². The lowest BCUT2D eigenvalue weighted by atomic mass is 10.2. The van der Waals surface area contributed by atoms with Crippen molar-refractivity contribution in [1.82, 2.24) is 3.12 Å². The van der Waals surface area contributed by atoms with Gasteiger partial charge in [0.1, 0.15) is 11.4 Å². The topological polar surface area (TPSA) is 80.8 Å². The molecule has 0 saturated carbocycles. The van der Waals surface area contributed by atoms with E-state index in [1.807, 2.05) is 0 Å². The van der Waals surface area contributed by atoms with E-state index < -0.39 is 54.9 Å². The Morgan fingerprint density at radius 2 is 1.17 bits per heavy atom. The molecule has 1 rings (SSSR count). The van der Waals surface area contributed by atoms with Crippen LogP contribution in [0.1, 0.15) is 20.8 Å². The van der Waals surface area contributed by atoms with Gasteiger partial charge in [-0.3, -0.25) is 0 Å². The molecule has 0 bridgehead atoms. The number of rotatable bonds is 5. The fourth-order valence-corrected chi connectivity index (χ4v) is 10.1. The standard InChI is InChI=1S/C14H19F6NO5S3/c1-12(2,3)26-10-8-6-7-9-11(10)27(4,5)21(28(22,23)13(15,16)17)29(24,25)14(18,19)20/h6-9H,1-5H3. The van der Waals surface area contributed by atoms with Crippen molar-refractivity contribution in [3.8, 4) is 5.75 Å². The van der Waals surface area contributed by atoms with Gasteiger partial charge < -0.3 is 4.74 Å². The summed E-state index contributed by atoms with van der Waals surface area (Å²) >= 11 is 0. The third-order valence-electron chi connectivity index (χ3n) is 3.15. The molecule has 0 atom stereocenters. The summed E-state index contributed by atoms with van der Waals surface area (Å²) in [5.74, 6) is -0.250. The van der Waals surface area contributed by atoms with Crippen molar-refractivity contribution in [3.05, 3.63) is 24.3 Å². The van der Waals surface area contributed by atoms with Crippen LogP contribution in [0.25, 0.3) is 0 Å². The minimum atomic E-state index is -6.94. The zero-order chi connectivity index (χ0) is 23.3. The number of hydrogen-bond donors (Lipinski definition) is 0. The van der Waals surface area contributed by atoms with E-state index in [9.17, 15) is 43.2 Å². The second-order valence-electron chi connectivity index (χ2n) is 7.00. The average Bonchev–Trinajstić information content (AvgIpc) is 2.42. The van der Waals surface area contributed by atoms with Crippen LogP contribution in [0, 0.1) is 0 Å². The highest BCUT2D eigenvalue weighted by molar-refractivity contribution is 8.40. The Bertz CT molecular complexity index is 919. The molecule has 0 amide bonds. The Kier molecular flexibility index (Phi) is 6.68. The highest BCUT2D eigenvalue weighted by Crippen LogP contribution is 2.61. The van der Waals surface area contributed by atoms with E-state index in [-0.39, 0.29) is 5.75 Å². The van der Waals surface area contributed by atoms with Gasteiger partial charge in [-0.05, 0) is 48.5 Å². The number of ether oxygens (including phenoxy) is 1. The predicted octanol–water partition coefficient (Wildman–Crippen LogP) is 4.20. The molecule has 0 radical (unpaired) electrons. The van der Waals surface area contributed by atoms with Crippen molar-refractivity contribution < 1.29 is 47.9 Å². The molecule has 0 aromatic heterocycles. The molecule has 0 saturated heterocycles. The Hall–Kier alpha value is -1.19. The number of benzene rings is 1. The Balaban J connectivity index is 3.94. The van der Waals surface area contributed by atoms with E-state index in [1.165, 1.54) is 39.0 Å². The van der Waals surface area contributed by atoms with Crippen molar-refractivity contribution >= 4 is 30.3 Å². The van der Waals surface area contributed by atoms with Crippen molar-refractivity contribution in [1.29, 1.82) is 0 Å². The SMILES string of the molecule is CC(C)(C)Oc1ccccc1S(C)(C)N(S(=O)(=O)C(F)(F)F)S(=O)(=O)C(F)(F)F. The van der Waals surface area contributed by atoms with E-state index >= 15 is 0 Å². The molecule has 29 heavy (non-hydrogen) atoms. The summed E-state index contributed by atoms with van der Waals surface area (Å²) in [6.45, 7) is 4.59. The summed E-state index contributed by atoms with van der Waals surface area (Å²) in [5, 5.41) is 0. The summed E-state index contributed by atoms with van der Waals surface area (Å²) in [7, 11) is -17.9. The molecular weight excluding hydrogens is 472 g/mol. The fraction of sp³-hybridized carbons (Fsp3) is 0.571. The summed E-state index contributed by atoms with van der Waals surface area (Å²) in [6.07, 6.45) is 1.37. The molecular formula is C14H19F6NO5S3. The zero-order valence-electron chi connectivity index (χ0n) is 15.8. The molecule has 0 aliphatic rings. The summed E-state index contributed by atoms with van der Waals surface area (Å²) in [6, 6.07) is 4.76. The second kappa shape index (κ2) is 7.50. The first-order valence-corrected chi connectivity index (χ1v) is 12.8. The molecule has 0 fully saturated rings. The van der Waals surface area contributed by atoms with Crippen LogP contribution in [0.5, 0.6) is 5.75 Å². The smallest absolute Gasteiger partial charge is 0.487 e. The Labute approximate surface area is 166 Å². The molecule has 1 aromatic carbocycles. The lowest BCUT2D eigenvalue weighted by Crippen LogP contribution is -2.49. The molecule has 0 aliphatic carbocycles. The van der Waals surface area contributed by atoms with E-state index in [2.05, 4.69) is 0 Å². The van der Waals surface area contributed by atoms with Crippen molar-refractivity contribution in [2.24, 2.45) is 0 Å². The number of nitrogens with zero attached hydrogens (tertiary/aromatic N) is 1. The number of para-hydroxylation sites is 1. The average molecular weight is 491 g/mol. The van der Waals surface area contributed by atoms with Crippen molar-refractivity contribution in [3.63, 3.8) is 0 Å². The number of hydrogen-bond acceptors (Lipinski definition) is 5. The lowest BCUT2D eigenvalue weighted by Gasteiger charge is -2.42. The monoisotopic (exact) mass is 491 g/mol. The van der Waals surface area contributed by atoms with Gasteiger partial charge in [0, 0.05) is 4.90 Å². The number of halogens is 6. The molecule has 0 N–H and O–H groups in total. The van der Waals surface area contributed by atoms with Crippen LogP contribution in [0.15, 0.2) is 29.2 Å². The fourth-order valence-electron chi connectivity index (χ4n) is 2.15. The van der Waals surface area contributed by atoms with Gasteiger partial charge in [0.25, 0.3) is 0 Å². The summed E-state index contributed by atoms with van der Waals surface area (Å²) in [5.41, 5.74) is -13.6. The van der Waals surface area contributed by atoms with Gasteiger partial charge in [-0.15, -0.1) is 10.2 Å². The van der Waals surface area contributed by atoms with Crippen LogP contribution < -0.4 is 4.74 Å². The second-order valence-corrected chi connectivity index (χ2v) is 14.6. The summed E-state index contributed by atoms with van der Waals surface area (Å²) in [4.78, 5) is -0.435. The zero-order valence-corrected chi connectivity index (χ0v) is 18.2. The minimum absolute atomic E-state index is 0.250. The first-order chi connectivity index (χ1) is 12.6. The minimum Gasteiger partial charge on any atom is -0.487 e. The van der Waals surface area contributed by atoms with E-state index in [4.69, 9.17) is 4.74 Å². The summed E-state index contributed by atoms with van der Waals surface area (Å²) < 4.78 is 131. The Morgan fingerprint density at radius 3 is 1.52 bits per heavy atom. The van der Waals surface area contributed by atoms with E-state index in [0.29, 0.717) is 12.5 Å². The maximum atomic E-state index is 13.1. The molecule has 1 aromatic rings. The normalized spacial score (nSPS) is 15.4. The predicted molar refractivity (Wildman–Crippen MR) is 96.3 cm³/mol. The van der Waals surface area contributed by atoms with Crippen LogP contribution in [-0.4, -0.2) is 49.1 Å². The number of alkyl halides is 6. The van der Waals surface area contributed by atoms with Gasteiger partial charge >= 0.3 is 31.1 Å². The van der Waals surface area contributed by atoms with Gasteiger partial charge in [-0.2, -0.15) is 26.3 Å². The van der Waals surface area contributed by atoms with Crippen LogP contribution in [0.4, 0.5) is 26.3 Å². The maximum Gasteiger partial charge on any atom is 0.513 e. The van der Waals surface area contributed by atoms with Gasteiger partial charge in [0.2, 0.25) is 0 Å². The van der Waals surface area contributed by atoms with Gasteiger partial charge in [-0.1, -0.05) is 12.1 Å². The maximum absolute atomic E-state index is 13.1. The van der Waals surface area contributed by atoms with Gasteiger partial charge in [0.05, 0.1) is 0 Å².